The molecule has 1 N–H and O–H groups in total. The molecule has 0 saturated heterocycles. The van der Waals surface area contributed by atoms with Crippen molar-refractivity contribution in [3.8, 4) is 0 Å². The number of ether oxygens (including phenoxy) is 1. The van der Waals surface area contributed by atoms with Crippen LogP contribution in [0.15, 0.2) is 77.7 Å². The minimum atomic E-state index is -3.92. The van der Waals surface area contributed by atoms with Gasteiger partial charge in [0.25, 0.3) is 15.9 Å². The average molecular weight is 609 g/mol. The summed E-state index contributed by atoms with van der Waals surface area (Å²) in [4.78, 5) is 27.0. The number of nitrogens with one attached hydrogen (secondary N) is 1. The van der Waals surface area contributed by atoms with Gasteiger partial charge in [-0.05, 0) is 85.7 Å². The number of carbonyl (C=O) groups is 2. The molecule has 0 spiro atoms. The molecular weight excluding hydrogens is 580 g/mol. The van der Waals surface area contributed by atoms with E-state index in [1.807, 2.05) is 6.92 Å². The standard InChI is InChI=1S/C31H29ClN2O5S2/c1-20-12-17-23(32)18-26(20)34(41(37,38)24-8-4-3-5-9-24)19-21-13-15-22(16-14-21)29(35)33-30-28(31(36)39-2)25-10-6-7-11-27(25)40-30/h3-5,8-9,12-18H,6-7,10-11,19H2,1-2H3,(H,33,35). The molecule has 5 rings (SSSR count). The first-order valence-electron chi connectivity index (χ1n) is 13.2. The number of anilines is 2. The lowest BCUT2D eigenvalue weighted by atomic mass is 9.95. The summed E-state index contributed by atoms with van der Waals surface area (Å²) >= 11 is 7.69. The number of thiophene rings is 1. The third kappa shape index (κ3) is 6.02. The highest BCUT2D eigenvalue weighted by atomic mass is 35.5. The van der Waals surface area contributed by atoms with Crippen molar-refractivity contribution in [3.05, 3.63) is 111 Å². The fourth-order valence-corrected chi connectivity index (χ4v) is 7.91. The Morgan fingerprint density at radius 3 is 2.41 bits per heavy atom. The molecule has 0 radical (unpaired) electrons. The molecule has 10 heteroatoms. The van der Waals surface area contributed by atoms with Crippen molar-refractivity contribution in [1.29, 1.82) is 0 Å². The van der Waals surface area contributed by atoms with Gasteiger partial charge in [-0.2, -0.15) is 0 Å². The molecule has 0 atom stereocenters. The number of benzene rings is 3. The quantitative estimate of drug-likeness (QED) is 0.217. The zero-order valence-corrected chi connectivity index (χ0v) is 25.0. The molecule has 1 amide bonds. The third-order valence-corrected chi connectivity index (χ3v) is 10.3. The maximum absolute atomic E-state index is 13.8. The Morgan fingerprint density at radius 2 is 1.71 bits per heavy atom. The lowest BCUT2D eigenvalue weighted by Crippen LogP contribution is -2.31. The van der Waals surface area contributed by atoms with Gasteiger partial charge in [-0.15, -0.1) is 11.3 Å². The molecule has 212 valence electrons. The van der Waals surface area contributed by atoms with Crippen LogP contribution < -0.4 is 9.62 Å². The van der Waals surface area contributed by atoms with E-state index in [1.165, 1.54) is 22.8 Å². The number of hydrogen-bond donors (Lipinski definition) is 1. The lowest BCUT2D eigenvalue weighted by molar-refractivity contribution is 0.0601. The van der Waals surface area contributed by atoms with Crippen molar-refractivity contribution in [3.63, 3.8) is 0 Å². The SMILES string of the molecule is COC(=O)c1c(NC(=O)c2ccc(CN(c3cc(Cl)ccc3C)S(=O)(=O)c3ccccc3)cc2)sc2c1CCCC2. The van der Waals surface area contributed by atoms with Crippen molar-refractivity contribution in [2.45, 2.75) is 44.0 Å². The van der Waals surface area contributed by atoms with Crippen LogP contribution in [0.25, 0.3) is 0 Å². The number of carbonyl (C=O) groups excluding carboxylic acids is 2. The molecule has 0 fully saturated rings. The number of esters is 1. The lowest BCUT2D eigenvalue weighted by Gasteiger charge is -2.26. The van der Waals surface area contributed by atoms with E-state index in [0.29, 0.717) is 32.4 Å². The van der Waals surface area contributed by atoms with Crippen LogP contribution in [0.5, 0.6) is 0 Å². The summed E-state index contributed by atoms with van der Waals surface area (Å²) in [5.41, 5.74) is 3.70. The molecule has 1 aromatic heterocycles. The predicted octanol–water partition coefficient (Wildman–Crippen LogP) is 7.02. The Morgan fingerprint density at radius 1 is 1.00 bits per heavy atom. The first kappa shape index (κ1) is 28.9. The second-order valence-corrected chi connectivity index (χ2v) is 13.2. The Kier molecular flexibility index (Phi) is 8.49. The summed E-state index contributed by atoms with van der Waals surface area (Å²) in [6, 6.07) is 20.1. The first-order valence-corrected chi connectivity index (χ1v) is 15.8. The van der Waals surface area contributed by atoms with Crippen LogP contribution in [0.2, 0.25) is 5.02 Å². The number of amides is 1. The fourth-order valence-electron chi connectivity index (χ4n) is 4.95. The van der Waals surface area contributed by atoms with E-state index in [0.717, 1.165) is 41.7 Å². The maximum atomic E-state index is 13.8. The van der Waals surface area contributed by atoms with Gasteiger partial charge in [-0.1, -0.05) is 48.0 Å². The summed E-state index contributed by atoms with van der Waals surface area (Å²) in [5, 5.41) is 3.82. The maximum Gasteiger partial charge on any atom is 0.341 e. The van der Waals surface area contributed by atoms with E-state index in [1.54, 1.807) is 72.8 Å². The Hall–Kier alpha value is -3.66. The second kappa shape index (κ2) is 12.1. The topological polar surface area (TPSA) is 92.8 Å². The van der Waals surface area contributed by atoms with Crippen LogP contribution in [0.3, 0.4) is 0 Å². The van der Waals surface area contributed by atoms with Gasteiger partial charge >= 0.3 is 5.97 Å². The van der Waals surface area contributed by atoms with Gasteiger partial charge in [0.2, 0.25) is 0 Å². The molecule has 1 aliphatic carbocycles. The Labute approximate surface area is 248 Å². The molecule has 0 saturated carbocycles. The van der Waals surface area contributed by atoms with Gasteiger partial charge in [0.05, 0.1) is 29.8 Å². The monoisotopic (exact) mass is 608 g/mol. The highest BCUT2D eigenvalue weighted by Crippen LogP contribution is 2.39. The van der Waals surface area contributed by atoms with Gasteiger partial charge in [0.15, 0.2) is 0 Å². The highest BCUT2D eigenvalue weighted by Gasteiger charge is 2.28. The summed E-state index contributed by atoms with van der Waals surface area (Å²) in [6.45, 7) is 1.86. The molecule has 1 aliphatic rings. The number of rotatable bonds is 8. The van der Waals surface area contributed by atoms with Crippen molar-refractivity contribution < 1.29 is 22.7 Å². The van der Waals surface area contributed by atoms with Crippen molar-refractivity contribution in [2.75, 3.05) is 16.7 Å². The predicted molar refractivity (Wildman–Crippen MR) is 163 cm³/mol. The number of halogens is 1. The van der Waals surface area contributed by atoms with Gasteiger partial charge < -0.3 is 10.1 Å². The van der Waals surface area contributed by atoms with Crippen LogP contribution in [-0.2, 0) is 34.1 Å². The molecular formula is C31H29ClN2O5S2. The van der Waals surface area contributed by atoms with Crippen LogP contribution in [-0.4, -0.2) is 27.4 Å². The Bertz CT molecular complexity index is 1700. The normalized spacial score (nSPS) is 12.9. The molecule has 0 bridgehead atoms. The average Bonchev–Trinajstić information content (AvgIpc) is 3.35. The summed E-state index contributed by atoms with van der Waals surface area (Å²) in [6.07, 6.45) is 3.71. The molecule has 4 aromatic rings. The smallest absolute Gasteiger partial charge is 0.341 e. The number of methoxy groups -OCH3 is 1. The van der Waals surface area contributed by atoms with Crippen LogP contribution >= 0.6 is 22.9 Å². The molecule has 0 unspecified atom stereocenters. The Balaban J connectivity index is 1.42. The molecule has 7 nitrogen and oxygen atoms in total. The largest absolute Gasteiger partial charge is 0.465 e. The van der Waals surface area contributed by atoms with Gasteiger partial charge in [0, 0.05) is 15.5 Å². The number of aryl methyl sites for hydroxylation is 2. The van der Waals surface area contributed by atoms with Crippen molar-refractivity contribution >= 4 is 55.5 Å². The zero-order chi connectivity index (χ0) is 29.1. The number of hydrogen-bond acceptors (Lipinski definition) is 6. The van der Waals surface area contributed by atoms with Crippen molar-refractivity contribution in [1.82, 2.24) is 0 Å². The number of fused-ring (bicyclic) bond motifs is 1. The van der Waals surface area contributed by atoms with Gasteiger partial charge in [0.1, 0.15) is 5.00 Å². The summed E-state index contributed by atoms with van der Waals surface area (Å²) < 4.78 is 33.9. The minimum absolute atomic E-state index is 0.0322. The molecule has 3 aromatic carbocycles. The van der Waals surface area contributed by atoms with E-state index in [4.69, 9.17) is 16.3 Å². The molecule has 1 heterocycles. The van der Waals surface area contributed by atoms with Crippen LogP contribution in [0.4, 0.5) is 10.7 Å². The van der Waals surface area contributed by atoms with E-state index in [2.05, 4.69) is 5.32 Å². The van der Waals surface area contributed by atoms with Crippen LogP contribution in [0, 0.1) is 6.92 Å². The highest BCUT2D eigenvalue weighted by molar-refractivity contribution is 7.92. The zero-order valence-electron chi connectivity index (χ0n) is 22.6. The van der Waals surface area contributed by atoms with E-state index in [9.17, 15) is 18.0 Å². The number of nitrogens with zero attached hydrogens (tertiary/aromatic N) is 1. The van der Waals surface area contributed by atoms with E-state index >= 15 is 0 Å². The van der Waals surface area contributed by atoms with E-state index in [-0.39, 0.29) is 17.3 Å². The summed E-state index contributed by atoms with van der Waals surface area (Å²) in [5.74, 6) is -0.814. The molecule has 41 heavy (non-hydrogen) atoms. The van der Waals surface area contributed by atoms with Crippen molar-refractivity contribution in [2.24, 2.45) is 0 Å². The van der Waals surface area contributed by atoms with Gasteiger partial charge in [-0.25, -0.2) is 13.2 Å². The first-order chi connectivity index (χ1) is 19.7. The minimum Gasteiger partial charge on any atom is -0.465 e. The van der Waals surface area contributed by atoms with E-state index < -0.39 is 16.0 Å². The molecule has 0 aliphatic heterocycles. The third-order valence-electron chi connectivity index (χ3n) is 7.10. The fraction of sp³-hybridized carbons (Fsp3) is 0.226. The summed E-state index contributed by atoms with van der Waals surface area (Å²) in [7, 11) is -2.58. The second-order valence-electron chi connectivity index (χ2n) is 9.81. The number of sulfonamides is 1. The van der Waals surface area contributed by atoms with Crippen LogP contribution in [0.1, 0.15) is 55.1 Å². The van der Waals surface area contributed by atoms with Gasteiger partial charge in [-0.3, -0.25) is 9.10 Å².